The molecule has 4 aromatic rings. The molecule has 6 heteroatoms. The zero-order valence-corrected chi connectivity index (χ0v) is 20.9. The number of pyridine rings is 2. The minimum Gasteiger partial charge on any atom is -0.375 e. The molecule has 39 heavy (non-hydrogen) atoms. The average Bonchev–Trinajstić information content (AvgIpc) is 3.63. The lowest BCUT2D eigenvalue weighted by molar-refractivity contribution is -0.126. The molecule has 0 spiro atoms. The zero-order chi connectivity index (χ0) is 26.6. The molecule has 3 heterocycles. The van der Waals surface area contributed by atoms with Crippen molar-refractivity contribution in [3.63, 3.8) is 0 Å². The van der Waals surface area contributed by atoms with Gasteiger partial charge in [0, 0.05) is 29.8 Å². The van der Waals surface area contributed by atoms with Crippen molar-refractivity contribution in [3.8, 4) is 0 Å². The zero-order valence-electron chi connectivity index (χ0n) is 20.9. The van der Waals surface area contributed by atoms with Crippen molar-refractivity contribution in [1.82, 2.24) is 15.3 Å². The minimum atomic E-state index is -1.60. The van der Waals surface area contributed by atoms with Crippen molar-refractivity contribution >= 4 is 17.4 Å². The molecule has 2 bridgehead atoms. The van der Waals surface area contributed by atoms with Crippen LogP contribution in [0.1, 0.15) is 22.5 Å². The summed E-state index contributed by atoms with van der Waals surface area (Å²) < 4.78 is 0. The number of carbonyl (C=O) groups is 2. The van der Waals surface area contributed by atoms with Crippen molar-refractivity contribution in [2.45, 2.75) is 5.60 Å². The maximum Gasteiger partial charge on any atom is 0.231 e. The Kier molecular flexibility index (Phi) is 5.39. The molecule has 6 nitrogen and oxygen atoms in total. The van der Waals surface area contributed by atoms with Crippen LogP contribution in [0.25, 0.3) is 5.57 Å². The Morgan fingerprint density at radius 1 is 0.744 bits per heavy atom. The van der Waals surface area contributed by atoms with Gasteiger partial charge in [-0.1, -0.05) is 78.9 Å². The first-order valence-electron chi connectivity index (χ1n) is 13.1. The highest BCUT2D eigenvalue weighted by molar-refractivity contribution is 6.08. The third kappa shape index (κ3) is 3.45. The molecule has 2 fully saturated rings. The molecule has 0 unspecified atom stereocenters. The van der Waals surface area contributed by atoms with Crippen molar-refractivity contribution in [2.75, 3.05) is 0 Å². The van der Waals surface area contributed by atoms with E-state index < -0.39 is 23.4 Å². The van der Waals surface area contributed by atoms with Gasteiger partial charge in [0.05, 0.1) is 23.2 Å². The van der Waals surface area contributed by atoms with E-state index in [2.05, 4.69) is 10.3 Å². The number of benzene rings is 2. The van der Waals surface area contributed by atoms with Gasteiger partial charge in [0.15, 0.2) is 5.60 Å². The first-order chi connectivity index (χ1) is 19.1. The molecule has 1 saturated heterocycles. The fourth-order valence-electron chi connectivity index (χ4n) is 6.77. The van der Waals surface area contributed by atoms with E-state index in [1.807, 2.05) is 97.1 Å². The van der Waals surface area contributed by atoms with Crippen LogP contribution in [0, 0.1) is 23.7 Å². The van der Waals surface area contributed by atoms with Gasteiger partial charge in [-0.2, -0.15) is 0 Å². The summed E-state index contributed by atoms with van der Waals surface area (Å²) in [5.41, 5.74) is 3.74. The summed E-state index contributed by atoms with van der Waals surface area (Å²) in [4.78, 5) is 35.7. The van der Waals surface area contributed by atoms with Gasteiger partial charge in [-0.15, -0.1) is 0 Å². The summed E-state index contributed by atoms with van der Waals surface area (Å²) in [6.07, 6.45) is 5.41. The van der Waals surface area contributed by atoms with Gasteiger partial charge in [-0.3, -0.25) is 24.9 Å². The predicted octanol–water partition coefficient (Wildman–Crippen LogP) is 4.29. The molecular formula is C33H25N3O3. The van der Waals surface area contributed by atoms with Crippen LogP contribution in [0.3, 0.4) is 0 Å². The number of nitrogens with one attached hydrogen (secondary N) is 1. The summed E-state index contributed by atoms with van der Waals surface area (Å²) >= 11 is 0. The van der Waals surface area contributed by atoms with Gasteiger partial charge in [0.25, 0.3) is 0 Å². The van der Waals surface area contributed by atoms with Gasteiger partial charge in [-0.05, 0) is 46.5 Å². The van der Waals surface area contributed by atoms with Gasteiger partial charge < -0.3 is 5.11 Å². The van der Waals surface area contributed by atoms with Crippen LogP contribution >= 0.6 is 0 Å². The number of fused-ring (bicyclic) bond motifs is 5. The number of hydrogen-bond donors (Lipinski definition) is 2. The number of aromatic nitrogens is 2. The van der Waals surface area contributed by atoms with Crippen LogP contribution in [0.15, 0.2) is 127 Å². The maximum atomic E-state index is 13.3. The molecule has 3 aliphatic rings. The van der Waals surface area contributed by atoms with Crippen LogP contribution < -0.4 is 5.32 Å². The number of hydrogen-bond acceptors (Lipinski definition) is 5. The molecule has 1 aliphatic heterocycles. The van der Waals surface area contributed by atoms with E-state index in [4.69, 9.17) is 4.98 Å². The number of amides is 2. The molecule has 2 aromatic heterocycles. The maximum absolute atomic E-state index is 13.3. The quantitative estimate of drug-likeness (QED) is 0.308. The van der Waals surface area contributed by atoms with E-state index in [0.717, 1.165) is 22.4 Å². The van der Waals surface area contributed by atoms with E-state index >= 15 is 0 Å². The van der Waals surface area contributed by atoms with Gasteiger partial charge in [-0.25, -0.2) is 0 Å². The highest BCUT2D eigenvalue weighted by Gasteiger charge is 2.64. The molecule has 0 radical (unpaired) electrons. The normalized spacial score (nSPS) is 26.0. The summed E-state index contributed by atoms with van der Waals surface area (Å²) in [5.74, 6) is -2.62. The largest absolute Gasteiger partial charge is 0.375 e. The number of allylic oxidation sites excluding steroid dienone is 2. The van der Waals surface area contributed by atoms with Gasteiger partial charge in [0.1, 0.15) is 0 Å². The van der Waals surface area contributed by atoms with Crippen LogP contribution in [0.2, 0.25) is 0 Å². The van der Waals surface area contributed by atoms with Crippen molar-refractivity contribution in [3.05, 3.63) is 149 Å². The van der Waals surface area contributed by atoms with Gasteiger partial charge >= 0.3 is 0 Å². The van der Waals surface area contributed by atoms with E-state index in [0.29, 0.717) is 16.8 Å². The predicted molar refractivity (Wildman–Crippen MR) is 146 cm³/mol. The standard InChI is InChI=1S/C33H25N3O3/c37-31-28-22-19-23(33(39,21-13-5-2-6-14-21)25-16-8-10-18-35-25)29(30(28)32(38)36-31)27(22)26(20-11-3-1-4-12-20)24-15-7-9-17-34-24/h1-19,22,28-30,39H,(H,36,37,38)/b27-26-/t22-,28-,29+,30-,33-/m0/s1. The van der Waals surface area contributed by atoms with E-state index in [1.54, 1.807) is 18.5 Å². The lowest BCUT2D eigenvalue weighted by Gasteiger charge is -2.36. The fourth-order valence-corrected chi connectivity index (χ4v) is 6.77. The SMILES string of the molecule is O=C1NC(=O)[C@H]2[C@@H]1[C@H]1C=C([C@@](O)(c3ccccc3)c3ccccn3)[C@@H]2/C1=C(/c1ccccc1)c1ccccn1. The van der Waals surface area contributed by atoms with E-state index in [9.17, 15) is 14.7 Å². The van der Waals surface area contributed by atoms with Crippen molar-refractivity contribution in [2.24, 2.45) is 23.7 Å². The third-order valence-corrected chi connectivity index (χ3v) is 8.29. The minimum absolute atomic E-state index is 0.264. The first-order valence-corrected chi connectivity index (χ1v) is 13.1. The Bertz CT molecular complexity index is 1550. The molecule has 2 aliphatic carbocycles. The average molecular weight is 512 g/mol. The number of rotatable bonds is 5. The monoisotopic (exact) mass is 511 g/mol. The molecule has 2 amide bonds. The topological polar surface area (TPSA) is 92.2 Å². The highest BCUT2D eigenvalue weighted by Crippen LogP contribution is 2.63. The second-order valence-electron chi connectivity index (χ2n) is 10.2. The second-order valence-corrected chi connectivity index (χ2v) is 10.2. The van der Waals surface area contributed by atoms with E-state index in [1.165, 1.54) is 0 Å². The Balaban J connectivity index is 1.53. The summed E-state index contributed by atoms with van der Waals surface area (Å²) in [6.45, 7) is 0. The van der Waals surface area contributed by atoms with Crippen LogP contribution in [0.5, 0.6) is 0 Å². The molecule has 2 N–H and O–H groups in total. The Morgan fingerprint density at radius 3 is 2.05 bits per heavy atom. The molecule has 190 valence electrons. The van der Waals surface area contributed by atoms with Crippen molar-refractivity contribution < 1.29 is 14.7 Å². The molecule has 7 rings (SSSR count). The van der Waals surface area contributed by atoms with Gasteiger partial charge in [0.2, 0.25) is 11.8 Å². The number of aliphatic hydroxyl groups is 1. The van der Waals surface area contributed by atoms with E-state index in [-0.39, 0.29) is 17.7 Å². The Morgan fingerprint density at radius 2 is 1.38 bits per heavy atom. The van der Waals surface area contributed by atoms with Crippen LogP contribution in [0.4, 0.5) is 0 Å². The lowest BCUT2D eigenvalue weighted by atomic mass is 9.71. The first kappa shape index (κ1) is 23.4. The van der Waals surface area contributed by atoms with Crippen LogP contribution in [-0.2, 0) is 15.2 Å². The van der Waals surface area contributed by atoms with Crippen molar-refractivity contribution in [1.29, 1.82) is 0 Å². The summed E-state index contributed by atoms with van der Waals surface area (Å²) in [5, 5.41) is 15.3. The third-order valence-electron chi connectivity index (χ3n) is 8.29. The second kappa shape index (κ2) is 8.96. The molecule has 2 aromatic carbocycles. The number of nitrogens with zero attached hydrogens (tertiary/aromatic N) is 2. The molecule has 5 atom stereocenters. The smallest absolute Gasteiger partial charge is 0.231 e. The fraction of sp³-hybridized carbons (Fsp3) is 0.152. The number of carbonyl (C=O) groups excluding carboxylic acids is 2. The number of imide groups is 1. The Labute approximate surface area is 225 Å². The molecular weight excluding hydrogens is 486 g/mol. The molecule has 1 saturated carbocycles. The summed E-state index contributed by atoms with van der Waals surface area (Å²) in [7, 11) is 0. The van der Waals surface area contributed by atoms with Crippen LogP contribution in [-0.4, -0.2) is 26.9 Å². The lowest BCUT2D eigenvalue weighted by Crippen LogP contribution is -2.38. The highest BCUT2D eigenvalue weighted by atomic mass is 16.3. The Hall–Kier alpha value is -4.68. The summed E-state index contributed by atoms with van der Waals surface area (Å²) in [6, 6.07) is 30.6.